The Labute approximate surface area is 242 Å². The van der Waals surface area contributed by atoms with E-state index in [0.29, 0.717) is 16.0 Å². The fourth-order valence-corrected chi connectivity index (χ4v) is 7.81. The maximum absolute atomic E-state index is 14.2. The summed E-state index contributed by atoms with van der Waals surface area (Å²) in [7, 11) is 1.36. The monoisotopic (exact) mass is 601 g/mol. The number of aromatic hydroxyl groups is 1. The van der Waals surface area contributed by atoms with E-state index < -0.39 is 68.9 Å². The molecule has 41 heavy (non-hydrogen) atoms. The Bertz CT molecular complexity index is 1600. The number of likely N-dealkylation sites (tertiary alicyclic amines) is 1. The Morgan fingerprint density at radius 1 is 1.05 bits per heavy atom. The Morgan fingerprint density at radius 3 is 2.34 bits per heavy atom. The first-order valence-corrected chi connectivity index (χ1v) is 13.4. The van der Waals surface area contributed by atoms with Gasteiger partial charge in [0.1, 0.15) is 5.82 Å². The first-order valence-electron chi connectivity index (χ1n) is 12.6. The lowest BCUT2D eigenvalue weighted by Crippen LogP contribution is -2.60. The smallest absolute Gasteiger partial charge is 0.328 e. The number of carbonyl (C=O) groups excluding carboxylic acids is 5. The molecule has 2 heterocycles. The number of halogens is 3. The average molecular weight is 602 g/mol. The Balaban J connectivity index is 1.57. The molecule has 6 amide bonds. The van der Waals surface area contributed by atoms with Crippen molar-refractivity contribution in [3.63, 3.8) is 0 Å². The molecule has 4 aliphatic rings. The zero-order chi connectivity index (χ0) is 29.6. The fraction of sp³-hybridized carbons (Fsp3) is 0.321. The van der Waals surface area contributed by atoms with Crippen LogP contribution >= 0.6 is 23.2 Å². The standard InChI is InChI=1S/C28H22Cl2FN3O7/c1-41-19-9-2-12(10-18(19)35)21-15-7-8-16-20(23(37)34(22(16)36)26(32)40)17(15)11-27(29)24(38)33(25(39)28(21,27)30)14-5-3-13(31)4-6-14/h2-7,9-10,16-17,20-21,35H,8,11H2,1H3,(H2,32,40). The number of primary amides is 1. The van der Waals surface area contributed by atoms with Crippen molar-refractivity contribution in [2.24, 2.45) is 23.5 Å². The van der Waals surface area contributed by atoms with E-state index in [9.17, 15) is 33.5 Å². The summed E-state index contributed by atoms with van der Waals surface area (Å²) < 4.78 is 18.9. The fourth-order valence-electron chi connectivity index (χ4n) is 6.88. The molecule has 212 valence electrons. The number of ether oxygens (including phenoxy) is 1. The summed E-state index contributed by atoms with van der Waals surface area (Å²) in [6.45, 7) is 0. The van der Waals surface area contributed by atoms with E-state index in [1.807, 2.05) is 0 Å². The van der Waals surface area contributed by atoms with E-state index >= 15 is 0 Å². The van der Waals surface area contributed by atoms with Gasteiger partial charge in [-0.25, -0.2) is 14.1 Å². The van der Waals surface area contributed by atoms with Crippen molar-refractivity contribution < 1.29 is 38.2 Å². The number of benzene rings is 2. The van der Waals surface area contributed by atoms with E-state index in [1.54, 1.807) is 12.1 Å². The quantitative estimate of drug-likeness (QED) is 0.312. The second kappa shape index (κ2) is 9.02. The first-order chi connectivity index (χ1) is 19.4. The normalized spacial score (nSPS) is 32.4. The van der Waals surface area contributed by atoms with Crippen LogP contribution in [0.1, 0.15) is 24.3 Å². The molecule has 1 saturated carbocycles. The number of anilines is 1. The van der Waals surface area contributed by atoms with Crippen molar-refractivity contribution in [3.05, 3.63) is 65.5 Å². The molecule has 6 rings (SSSR count). The predicted octanol–water partition coefficient (Wildman–Crippen LogP) is 3.18. The van der Waals surface area contributed by atoms with Crippen molar-refractivity contribution in [1.29, 1.82) is 0 Å². The van der Waals surface area contributed by atoms with E-state index in [-0.39, 0.29) is 30.0 Å². The molecule has 6 unspecified atom stereocenters. The lowest BCUT2D eigenvalue weighted by atomic mass is 9.56. The van der Waals surface area contributed by atoms with Crippen LogP contribution in [0.3, 0.4) is 0 Å². The maximum Gasteiger partial charge on any atom is 0.328 e. The largest absolute Gasteiger partial charge is 0.504 e. The van der Waals surface area contributed by atoms with Crippen LogP contribution in [0.5, 0.6) is 11.5 Å². The van der Waals surface area contributed by atoms with E-state index in [4.69, 9.17) is 33.7 Å². The highest BCUT2D eigenvalue weighted by atomic mass is 35.5. The van der Waals surface area contributed by atoms with Gasteiger partial charge in [-0.3, -0.25) is 19.2 Å². The highest BCUT2D eigenvalue weighted by Crippen LogP contribution is 2.66. The molecule has 2 saturated heterocycles. The van der Waals surface area contributed by atoms with Crippen molar-refractivity contribution >= 4 is 58.5 Å². The number of imide groups is 4. The summed E-state index contributed by atoms with van der Waals surface area (Å²) >= 11 is 14.4. The van der Waals surface area contributed by atoms with Gasteiger partial charge in [0.25, 0.3) is 11.8 Å². The zero-order valence-corrected chi connectivity index (χ0v) is 22.9. The van der Waals surface area contributed by atoms with Crippen LogP contribution in [0.25, 0.3) is 0 Å². The second-order valence-electron chi connectivity index (χ2n) is 10.5. The highest BCUT2D eigenvalue weighted by molar-refractivity contribution is 6.58. The number of methoxy groups -OCH3 is 1. The van der Waals surface area contributed by atoms with Crippen molar-refractivity contribution in [2.75, 3.05) is 12.0 Å². The number of alkyl halides is 2. The van der Waals surface area contributed by atoms with Crippen molar-refractivity contribution in [1.82, 2.24) is 4.90 Å². The molecule has 0 radical (unpaired) electrons. The number of phenolic OH excluding ortho intramolecular Hbond substituents is 1. The highest BCUT2D eigenvalue weighted by Gasteiger charge is 2.76. The molecule has 6 atom stereocenters. The van der Waals surface area contributed by atoms with Gasteiger partial charge >= 0.3 is 6.03 Å². The predicted molar refractivity (Wildman–Crippen MR) is 143 cm³/mol. The number of rotatable bonds is 3. The molecule has 3 fully saturated rings. The molecule has 3 N–H and O–H groups in total. The van der Waals surface area contributed by atoms with Gasteiger partial charge in [-0.1, -0.05) is 17.7 Å². The van der Waals surface area contributed by atoms with Gasteiger partial charge in [0.15, 0.2) is 21.2 Å². The van der Waals surface area contributed by atoms with Crippen LogP contribution in [0, 0.1) is 23.6 Å². The molecule has 13 heteroatoms. The number of hydrogen-bond acceptors (Lipinski definition) is 7. The van der Waals surface area contributed by atoms with Crippen molar-refractivity contribution in [3.8, 4) is 11.5 Å². The van der Waals surface area contributed by atoms with Crippen LogP contribution < -0.4 is 15.4 Å². The number of phenols is 1. The van der Waals surface area contributed by atoms with E-state index in [0.717, 1.165) is 17.0 Å². The maximum atomic E-state index is 14.2. The molecule has 0 bridgehead atoms. The van der Waals surface area contributed by atoms with Crippen LogP contribution in [0.4, 0.5) is 14.9 Å². The molecule has 0 spiro atoms. The number of fused-ring (bicyclic) bond motifs is 4. The lowest BCUT2D eigenvalue weighted by molar-refractivity contribution is -0.136. The van der Waals surface area contributed by atoms with Gasteiger partial charge in [-0.2, -0.15) is 4.90 Å². The summed E-state index contributed by atoms with van der Waals surface area (Å²) in [6.07, 6.45) is 1.39. The third kappa shape index (κ3) is 3.45. The SMILES string of the molecule is COc1ccc(C2C3=CCC4C(=O)N(C(N)=O)C(=O)C4C3CC3(Cl)C(=O)N(c4ccc(F)cc4)C(=O)C23Cl)cc1O. The Hall–Kier alpha value is -3.96. The minimum Gasteiger partial charge on any atom is -0.504 e. The molecular weight excluding hydrogens is 580 g/mol. The molecule has 2 aliphatic carbocycles. The summed E-state index contributed by atoms with van der Waals surface area (Å²) in [5.74, 6) is -8.16. The van der Waals surface area contributed by atoms with E-state index in [1.165, 1.54) is 31.4 Å². The topological polar surface area (TPSA) is 147 Å². The number of carbonyl (C=O) groups is 5. The van der Waals surface area contributed by atoms with E-state index in [2.05, 4.69) is 0 Å². The summed E-state index contributed by atoms with van der Waals surface area (Å²) in [5, 5.41) is 10.6. The van der Waals surface area contributed by atoms with Gasteiger partial charge in [-0.05, 0) is 60.7 Å². The number of nitrogens with two attached hydrogens (primary N) is 1. The third-order valence-electron chi connectivity index (χ3n) is 8.65. The second-order valence-corrected chi connectivity index (χ2v) is 11.8. The van der Waals surface area contributed by atoms with Crippen LogP contribution in [0.15, 0.2) is 54.1 Å². The number of amides is 6. The van der Waals surface area contributed by atoms with Gasteiger partial charge in [0, 0.05) is 5.92 Å². The zero-order valence-electron chi connectivity index (χ0n) is 21.3. The summed E-state index contributed by atoms with van der Waals surface area (Å²) in [4.78, 5) is 63.6. The molecule has 0 aromatic heterocycles. The molecule has 2 aromatic rings. The molecular formula is C28H22Cl2FN3O7. The molecule has 10 nitrogen and oxygen atoms in total. The van der Waals surface area contributed by atoms with Gasteiger partial charge in [-0.15, -0.1) is 23.2 Å². The van der Waals surface area contributed by atoms with Crippen LogP contribution in [-0.2, 0) is 19.2 Å². The van der Waals surface area contributed by atoms with Crippen molar-refractivity contribution in [2.45, 2.75) is 28.5 Å². The minimum absolute atomic E-state index is 0.0361. The number of allylic oxidation sites excluding steroid dienone is 2. The third-order valence-corrected chi connectivity index (χ3v) is 10.1. The summed E-state index contributed by atoms with van der Waals surface area (Å²) in [6, 6.07) is 7.75. The molecule has 2 aliphatic heterocycles. The van der Waals surface area contributed by atoms with Crippen LogP contribution in [-0.4, -0.2) is 56.5 Å². The first kappa shape index (κ1) is 27.2. The number of hydrogen-bond donors (Lipinski definition) is 2. The molecule has 2 aromatic carbocycles. The Morgan fingerprint density at radius 2 is 1.73 bits per heavy atom. The number of nitrogens with zero attached hydrogens (tertiary/aromatic N) is 2. The minimum atomic E-state index is -2.16. The van der Waals surface area contributed by atoms with Crippen LogP contribution in [0.2, 0.25) is 0 Å². The van der Waals surface area contributed by atoms with Gasteiger partial charge in [0.05, 0.1) is 24.6 Å². The Kier molecular flexibility index (Phi) is 5.99. The average Bonchev–Trinajstić information content (AvgIpc) is 3.27. The number of urea groups is 1. The lowest BCUT2D eigenvalue weighted by Gasteiger charge is -2.50. The van der Waals surface area contributed by atoms with Gasteiger partial charge in [0.2, 0.25) is 11.8 Å². The van der Waals surface area contributed by atoms with Gasteiger partial charge < -0.3 is 15.6 Å². The summed E-state index contributed by atoms with van der Waals surface area (Å²) in [5.41, 5.74) is 6.12.